The van der Waals surface area contributed by atoms with Crippen LogP contribution in [-0.2, 0) is 14.3 Å². The van der Waals surface area contributed by atoms with Gasteiger partial charge in [-0.1, -0.05) is 0 Å². The zero-order valence-electron chi connectivity index (χ0n) is 11.6. The Morgan fingerprint density at radius 1 is 1.53 bits per heavy atom. The lowest BCUT2D eigenvalue weighted by atomic mass is 10.0. The molecule has 19 heavy (non-hydrogen) atoms. The van der Waals surface area contributed by atoms with Crippen molar-refractivity contribution in [3.63, 3.8) is 0 Å². The molecule has 0 aromatic rings. The van der Waals surface area contributed by atoms with Gasteiger partial charge in [-0.15, -0.1) is 0 Å². The molecule has 1 heterocycles. The number of hydrogen-bond acceptors (Lipinski definition) is 5. The predicted octanol–water partition coefficient (Wildman–Crippen LogP) is 0.282. The minimum absolute atomic E-state index is 0.0256. The maximum atomic E-state index is 11.9. The van der Waals surface area contributed by atoms with E-state index in [1.807, 2.05) is 0 Å². The van der Waals surface area contributed by atoms with Gasteiger partial charge in [-0.05, 0) is 20.8 Å². The van der Waals surface area contributed by atoms with E-state index in [0.29, 0.717) is 6.54 Å². The number of carboxylic acids is 1. The number of rotatable bonds is 3. The zero-order chi connectivity index (χ0) is 14.6. The van der Waals surface area contributed by atoms with Crippen molar-refractivity contribution < 1.29 is 24.2 Å². The van der Waals surface area contributed by atoms with E-state index in [-0.39, 0.29) is 19.7 Å². The summed E-state index contributed by atoms with van der Waals surface area (Å²) in [5, 5.41) is 9.04. The Balaban J connectivity index is 2.64. The van der Waals surface area contributed by atoms with Gasteiger partial charge in [0.05, 0.1) is 25.2 Å². The number of ether oxygens (including phenoxy) is 2. The molecular weight excluding hydrogens is 252 g/mol. The molecule has 1 fully saturated rings. The van der Waals surface area contributed by atoms with E-state index in [1.165, 1.54) is 4.90 Å². The van der Waals surface area contributed by atoms with Crippen LogP contribution >= 0.6 is 0 Å². The van der Waals surface area contributed by atoms with E-state index < -0.39 is 29.7 Å². The number of aliphatic carboxylic acids is 1. The SMILES string of the molecule is CC(C)(C)OC(=O)N1CCOC(C(CN)C(=O)O)C1. The third-order valence-electron chi connectivity index (χ3n) is 2.77. The normalized spacial score (nSPS) is 21.9. The fourth-order valence-electron chi connectivity index (χ4n) is 1.82. The Morgan fingerprint density at radius 3 is 2.63 bits per heavy atom. The minimum Gasteiger partial charge on any atom is -0.481 e. The van der Waals surface area contributed by atoms with E-state index in [1.54, 1.807) is 20.8 Å². The number of nitrogens with zero attached hydrogens (tertiary/aromatic N) is 1. The second-order valence-corrected chi connectivity index (χ2v) is 5.52. The third-order valence-corrected chi connectivity index (χ3v) is 2.77. The second-order valence-electron chi connectivity index (χ2n) is 5.52. The molecule has 1 saturated heterocycles. The van der Waals surface area contributed by atoms with Crippen LogP contribution in [0.5, 0.6) is 0 Å². The first-order chi connectivity index (χ1) is 8.74. The molecule has 0 bridgehead atoms. The molecule has 1 rings (SSSR count). The molecule has 7 heteroatoms. The molecule has 3 N–H and O–H groups in total. The first kappa shape index (κ1) is 15.7. The van der Waals surface area contributed by atoms with E-state index in [0.717, 1.165) is 0 Å². The number of carbonyl (C=O) groups is 2. The summed E-state index contributed by atoms with van der Waals surface area (Å²) in [6.45, 7) is 6.18. The molecule has 1 amide bonds. The Hall–Kier alpha value is -1.34. The molecule has 0 aromatic carbocycles. The van der Waals surface area contributed by atoms with Gasteiger partial charge in [0.15, 0.2) is 0 Å². The van der Waals surface area contributed by atoms with Crippen LogP contribution in [-0.4, -0.2) is 60.0 Å². The van der Waals surface area contributed by atoms with Crippen LogP contribution in [0, 0.1) is 5.92 Å². The summed E-state index contributed by atoms with van der Waals surface area (Å²) in [7, 11) is 0. The average Bonchev–Trinajstić information content (AvgIpc) is 2.27. The summed E-state index contributed by atoms with van der Waals surface area (Å²) in [5.74, 6) is -1.83. The van der Waals surface area contributed by atoms with Gasteiger partial charge in [0.2, 0.25) is 0 Å². The van der Waals surface area contributed by atoms with E-state index >= 15 is 0 Å². The molecule has 110 valence electrons. The fourth-order valence-corrected chi connectivity index (χ4v) is 1.82. The second kappa shape index (κ2) is 6.21. The fraction of sp³-hybridized carbons (Fsp3) is 0.833. The van der Waals surface area contributed by atoms with Gasteiger partial charge in [-0.25, -0.2) is 4.79 Å². The van der Waals surface area contributed by atoms with E-state index in [4.69, 9.17) is 20.3 Å². The van der Waals surface area contributed by atoms with Crippen molar-refractivity contribution in [1.29, 1.82) is 0 Å². The monoisotopic (exact) mass is 274 g/mol. The predicted molar refractivity (Wildman–Crippen MR) is 67.7 cm³/mol. The first-order valence-electron chi connectivity index (χ1n) is 6.27. The molecule has 0 radical (unpaired) electrons. The van der Waals surface area contributed by atoms with Gasteiger partial charge in [-0.3, -0.25) is 4.79 Å². The number of carbonyl (C=O) groups excluding carboxylic acids is 1. The molecule has 0 aliphatic carbocycles. The zero-order valence-corrected chi connectivity index (χ0v) is 11.6. The van der Waals surface area contributed by atoms with Gasteiger partial charge < -0.3 is 25.2 Å². The van der Waals surface area contributed by atoms with Gasteiger partial charge in [0.25, 0.3) is 0 Å². The summed E-state index contributed by atoms with van der Waals surface area (Å²) >= 11 is 0. The van der Waals surface area contributed by atoms with Crippen molar-refractivity contribution in [2.75, 3.05) is 26.2 Å². The molecule has 7 nitrogen and oxygen atoms in total. The largest absolute Gasteiger partial charge is 0.481 e. The summed E-state index contributed by atoms with van der Waals surface area (Å²) < 4.78 is 10.6. The standard InChI is InChI=1S/C12H22N2O5/c1-12(2,3)19-11(17)14-4-5-18-9(7-14)8(6-13)10(15)16/h8-9H,4-7,13H2,1-3H3,(H,15,16). The molecule has 1 aliphatic heterocycles. The van der Waals surface area contributed by atoms with E-state index in [9.17, 15) is 9.59 Å². The van der Waals surface area contributed by atoms with Gasteiger partial charge in [-0.2, -0.15) is 0 Å². The lowest BCUT2D eigenvalue weighted by Crippen LogP contribution is -2.52. The van der Waals surface area contributed by atoms with Crippen LogP contribution in [0.3, 0.4) is 0 Å². The molecule has 1 aliphatic rings. The average molecular weight is 274 g/mol. The van der Waals surface area contributed by atoms with Crippen molar-refractivity contribution in [2.45, 2.75) is 32.5 Å². The van der Waals surface area contributed by atoms with Gasteiger partial charge in [0, 0.05) is 13.1 Å². The molecule has 2 atom stereocenters. The highest BCUT2D eigenvalue weighted by Gasteiger charge is 2.35. The van der Waals surface area contributed by atoms with Crippen LogP contribution in [0.25, 0.3) is 0 Å². The van der Waals surface area contributed by atoms with Crippen LogP contribution in [0.4, 0.5) is 4.79 Å². The van der Waals surface area contributed by atoms with Crippen LogP contribution in [0.15, 0.2) is 0 Å². The van der Waals surface area contributed by atoms with Crippen molar-refractivity contribution in [3.05, 3.63) is 0 Å². The quantitative estimate of drug-likeness (QED) is 0.766. The highest BCUT2D eigenvalue weighted by atomic mass is 16.6. The maximum Gasteiger partial charge on any atom is 0.410 e. The number of morpholine rings is 1. The van der Waals surface area contributed by atoms with Crippen molar-refractivity contribution >= 4 is 12.1 Å². The molecule has 0 saturated carbocycles. The highest BCUT2D eigenvalue weighted by Crippen LogP contribution is 2.17. The van der Waals surface area contributed by atoms with E-state index in [2.05, 4.69) is 0 Å². The summed E-state index contributed by atoms with van der Waals surface area (Å²) in [6, 6.07) is 0. The van der Waals surface area contributed by atoms with Crippen LogP contribution < -0.4 is 5.73 Å². The number of amides is 1. The number of hydrogen-bond donors (Lipinski definition) is 2. The first-order valence-corrected chi connectivity index (χ1v) is 6.27. The Labute approximate surface area is 112 Å². The van der Waals surface area contributed by atoms with Crippen molar-refractivity contribution in [1.82, 2.24) is 4.90 Å². The van der Waals surface area contributed by atoms with Crippen LogP contribution in [0.2, 0.25) is 0 Å². The molecule has 2 unspecified atom stereocenters. The summed E-state index contributed by atoms with van der Waals surface area (Å²) in [4.78, 5) is 24.4. The van der Waals surface area contributed by atoms with Crippen molar-refractivity contribution in [3.8, 4) is 0 Å². The maximum absolute atomic E-state index is 11.9. The number of carboxylic acid groups (broad SMARTS) is 1. The van der Waals surface area contributed by atoms with Gasteiger partial charge >= 0.3 is 12.1 Å². The Bertz CT molecular complexity index is 340. The Morgan fingerprint density at radius 2 is 2.16 bits per heavy atom. The minimum atomic E-state index is -1.02. The van der Waals surface area contributed by atoms with Gasteiger partial charge in [0.1, 0.15) is 5.60 Å². The highest BCUT2D eigenvalue weighted by molar-refractivity contribution is 5.72. The van der Waals surface area contributed by atoms with Crippen LogP contribution in [0.1, 0.15) is 20.8 Å². The summed E-state index contributed by atoms with van der Waals surface area (Å²) in [5.41, 5.74) is 4.85. The molecule has 0 aromatic heterocycles. The Kier molecular flexibility index (Phi) is 5.13. The number of nitrogens with two attached hydrogens (primary N) is 1. The molecule has 0 spiro atoms. The molecular formula is C12H22N2O5. The lowest BCUT2D eigenvalue weighted by molar-refractivity contribution is -0.150. The third kappa shape index (κ3) is 4.68. The smallest absolute Gasteiger partial charge is 0.410 e. The summed E-state index contributed by atoms with van der Waals surface area (Å²) in [6.07, 6.45) is -1.05. The van der Waals surface area contributed by atoms with Crippen molar-refractivity contribution in [2.24, 2.45) is 11.7 Å². The topological polar surface area (TPSA) is 102 Å². The lowest BCUT2D eigenvalue weighted by Gasteiger charge is -2.36.